The molecule has 4 rings (SSSR count). The van der Waals surface area contributed by atoms with E-state index in [1.54, 1.807) is 78.9 Å². The summed E-state index contributed by atoms with van der Waals surface area (Å²) in [5.74, 6) is -3.24. The van der Waals surface area contributed by atoms with Crippen LogP contribution in [-0.2, 0) is 4.79 Å². The number of carbonyl (C=O) groups excluding carboxylic acids is 3. The van der Waals surface area contributed by atoms with Gasteiger partial charge in [-0.15, -0.1) is 0 Å². The zero-order valence-corrected chi connectivity index (χ0v) is 19.3. The Morgan fingerprint density at radius 2 is 1.41 bits per heavy atom. The van der Waals surface area contributed by atoms with Crippen molar-refractivity contribution in [2.24, 2.45) is 11.8 Å². The second kappa shape index (κ2) is 9.74. The van der Waals surface area contributed by atoms with E-state index in [1.807, 2.05) is 13.0 Å². The molecule has 4 atom stereocenters. The Balaban J connectivity index is 1.86. The van der Waals surface area contributed by atoms with E-state index in [-0.39, 0.29) is 23.8 Å². The van der Waals surface area contributed by atoms with Crippen LogP contribution >= 0.6 is 0 Å². The summed E-state index contributed by atoms with van der Waals surface area (Å²) >= 11 is 0. The lowest BCUT2D eigenvalue weighted by Crippen LogP contribution is -2.54. The van der Waals surface area contributed by atoms with E-state index in [2.05, 4.69) is 0 Å². The van der Waals surface area contributed by atoms with Gasteiger partial charge in [-0.1, -0.05) is 72.8 Å². The first kappa shape index (κ1) is 23.6. The molecule has 5 nitrogen and oxygen atoms in total. The molecular formula is C29H28O5. The average Bonchev–Trinajstić information content (AvgIpc) is 2.84. The largest absolute Gasteiger partial charge is 0.494 e. The van der Waals surface area contributed by atoms with Crippen LogP contribution in [0.15, 0.2) is 84.9 Å². The Morgan fingerprint density at radius 3 is 1.94 bits per heavy atom. The predicted octanol–water partition coefficient (Wildman–Crippen LogP) is 4.89. The SMILES string of the molecule is CCOc1ccc([C@@H]2[C@@H](C(=O)c3ccccc3)C(=O)C[C@@](C)(O)[C@@H]2C(=O)c2ccccc2)cc1. The normalized spacial score (nSPS) is 24.4. The minimum absolute atomic E-state index is 0.271. The highest BCUT2D eigenvalue weighted by atomic mass is 16.5. The number of ketones is 3. The Kier molecular flexibility index (Phi) is 6.75. The molecule has 1 aliphatic rings. The van der Waals surface area contributed by atoms with Crippen molar-refractivity contribution in [1.82, 2.24) is 0 Å². The van der Waals surface area contributed by atoms with Gasteiger partial charge in [0.05, 0.1) is 24.0 Å². The summed E-state index contributed by atoms with van der Waals surface area (Å²) in [7, 11) is 0. The van der Waals surface area contributed by atoms with Crippen molar-refractivity contribution in [2.75, 3.05) is 6.61 Å². The standard InChI is InChI=1S/C29H28O5/c1-3-34-22-16-14-19(15-17-22)24-25(27(31)20-10-6-4-7-11-20)23(30)18-29(2,33)26(24)28(32)21-12-8-5-9-13-21/h4-17,24-26,33H,3,18H2,1-2H3/t24-,25+,26+,29-/m1/s1. The van der Waals surface area contributed by atoms with Gasteiger partial charge in [0.1, 0.15) is 11.5 Å². The van der Waals surface area contributed by atoms with Crippen LogP contribution in [0.25, 0.3) is 0 Å². The molecule has 3 aromatic rings. The van der Waals surface area contributed by atoms with E-state index in [0.717, 1.165) is 0 Å². The third-order valence-electron chi connectivity index (χ3n) is 6.52. The number of ether oxygens (including phenoxy) is 1. The molecule has 1 N–H and O–H groups in total. The molecule has 0 heterocycles. The van der Waals surface area contributed by atoms with Crippen molar-refractivity contribution in [3.63, 3.8) is 0 Å². The molecule has 1 aliphatic carbocycles. The van der Waals surface area contributed by atoms with Crippen LogP contribution in [0.4, 0.5) is 0 Å². The van der Waals surface area contributed by atoms with Crippen LogP contribution in [0, 0.1) is 11.8 Å². The van der Waals surface area contributed by atoms with Crippen LogP contribution in [0.2, 0.25) is 0 Å². The topological polar surface area (TPSA) is 80.7 Å². The number of hydrogen-bond donors (Lipinski definition) is 1. The van der Waals surface area contributed by atoms with Crippen molar-refractivity contribution >= 4 is 17.3 Å². The van der Waals surface area contributed by atoms with Gasteiger partial charge in [0.15, 0.2) is 11.6 Å². The molecule has 3 aromatic carbocycles. The van der Waals surface area contributed by atoms with Gasteiger partial charge in [-0.05, 0) is 31.5 Å². The molecule has 5 heteroatoms. The van der Waals surface area contributed by atoms with Crippen molar-refractivity contribution < 1.29 is 24.2 Å². The maximum Gasteiger partial charge on any atom is 0.173 e. The highest BCUT2D eigenvalue weighted by Crippen LogP contribution is 2.48. The van der Waals surface area contributed by atoms with Gasteiger partial charge in [0.25, 0.3) is 0 Å². The van der Waals surface area contributed by atoms with Crippen LogP contribution in [0.3, 0.4) is 0 Å². The zero-order chi connectivity index (χ0) is 24.3. The molecule has 0 radical (unpaired) electrons. The van der Waals surface area contributed by atoms with Gasteiger partial charge in [-0.3, -0.25) is 14.4 Å². The van der Waals surface area contributed by atoms with Crippen LogP contribution < -0.4 is 4.74 Å². The number of carbonyl (C=O) groups is 3. The Hall–Kier alpha value is -3.57. The van der Waals surface area contributed by atoms with Crippen molar-refractivity contribution in [1.29, 1.82) is 0 Å². The van der Waals surface area contributed by atoms with Gasteiger partial charge >= 0.3 is 0 Å². The molecule has 0 amide bonds. The summed E-state index contributed by atoms with van der Waals surface area (Å²) in [6.45, 7) is 3.90. The summed E-state index contributed by atoms with van der Waals surface area (Å²) in [5.41, 5.74) is -0.130. The van der Waals surface area contributed by atoms with E-state index in [1.165, 1.54) is 6.92 Å². The monoisotopic (exact) mass is 456 g/mol. The highest BCUT2D eigenvalue weighted by molar-refractivity contribution is 6.13. The minimum Gasteiger partial charge on any atom is -0.494 e. The lowest BCUT2D eigenvalue weighted by molar-refractivity contribution is -0.134. The fourth-order valence-corrected chi connectivity index (χ4v) is 5.01. The molecule has 0 spiro atoms. The number of benzene rings is 3. The van der Waals surface area contributed by atoms with Gasteiger partial charge in [0, 0.05) is 23.5 Å². The summed E-state index contributed by atoms with van der Waals surface area (Å²) in [5, 5.41) is 11.4. The molecule has 0 bridgehead atoms. The lowest BCUT2D eigenvalue weighted by Gasteiger charge is -2.45. The predicted molar refractivity (Wildman–Crippen MR) is 129 cm³/mol. The number of hydrogen-bond acceptors (Lipinski definition) is 5. The van der Waals surface area contributed by atoms with E-state index in [9.17, 15) is 19.5 Å². The molecule has 1 fully saturated rings. The van der Waals surface area contributed by atoms with E-state index >= 15 is 0 Å². The zero-order valence-electron chi connectivity index (χ0n) is 19.3. The third-order valence-corrected chi connectivity index (χ3v) is 6.52. The highest BCUT2D eigenvalue weighted by Gasteiger charge is 2.55. The van der Waals surface area contributed by atoms with Gasteiger partial charge < -0.3 is 9.84 Å². The Bertz CT molecular complexity index is 1170. The molecule has 34 heavy (non-hydrogen) atoms. The second-order valence-electron chi connectivity index (χ2n) is 8.94. The van der Waals surface area contributed by atoms with Crippen molar-refractivity contribution in [3.8, 4) is 5.75 Å². The van der Waals surface area contributed by atoms with Crippen LogP contribution in [0.5, 0.6) is 5.75 Å². The van der Waals surface area contributed by atoms with Gasteiger partial charge in [0.2, 0.25) is 0 Å². The third kappa shape index (κ3) is 4.57. The average molecular weight is 457 g/mol. The first-order valence-electron chi connectivity index (χ1n) is 11.5. The molecule has 174 valence electrons. The quantitative estimate of drug-likeness (QED) is 0.404. The minimum atomic E-state index is -1.61. The fourth-order valence-electron chi connectivity index (χ4n) is 5.01. The number of aliphatic hydroxyl groups is 1. The fraction of sp³-hybridized carbons (Fsp3) is 0.276. The van der Waals surface area contributed by atoms with E-state index in [0.29, 0.717) is 29.0 Å². The lowest BCUT2D eigenvalue weighted by atomic mass is 9.58. The van der Waals surface area contributed by atoms with Gasteiger partial charge in [-0.25, -0.2) is 0 Å². The maximum atomic E-state index is 13.8. The first-order chi connectivity index (χ1) is 16.3. The summed E-state index contributed by atoms with van der Waals surface area (Å²) in [6.07, 6.45) is -0.271. The van der Waals surface area contributed by atoms with Crippen molar-refractivity contribution in [2.45, 2.75) is 31.8 Å². The van der Waals surface area contributed by atoms with E-state index in [4.69, 9.17) is 4.74 Å². The van der Waals surface area contributed by atoms with Gasteiger partial charge in [-0.2, -0.15) is 0 Å². The molecule has 1 saturated carbocycles. The summed E-state index contributed by atoms with van der Waals surface area (Å²) in [4.78, 5) is 40.8. The second-order valence-corrected chi connectivity index (χ2v) is 8.94. The molecule has 0 saturated heterocycles. The smallest absolute Gasteiger partial charge is 0.173 e. The maximum absolute atomic E-state index is 13.8. The first-order valence-corrected chi connectivity index (χ1v) is 11.5. The molecule has 0 aromatic heterocycles. The Labute approximate surface area is 199 Å². The molecule has 0 aliphatic heterocycles. The summed E-state index contributed by atoms with van der Waals surface area (Å²) in [6, 6.07) is 24.4. The number of Topliss-reactive ketones (excluding diaryl/α,β-unsaturated/α-hetero) is 3. The van der Waals surface area contributed by atoms with Crippen molar-refractivity contribution in [3.05, 3.63) is 102 Å². The molecular weight excluding hydrogens is 428 g/mol. The molecule has 0 unspecified atom stereocenters. The van der Waals surface area contributed by atoms with E-state index < -0.39 is 23.4 Å². The van der Waals surface area contributed by atoms with Crippen LogP contribution in [-0.4, -0.2) is 34.7 Å². The van der Waals surface area contributed by atoms with Crippen LogP contribution in [0.1, 0.15) is 52.5 Å². The number of rotatable bonds is 7. The summed E-state index contributed by atoms with van der Waals surface area (Å²) < 4.78 is 5.55. The Morgan fingerprint density at radius 1 is 0.882 bits per heavy atom.